The van der Waals surface area contributed by atoms with E-state index in [0.717, 1.165) is 55.4 Å². The molecule has 0 amide bonds. The van der Waals surface area contributed by atoms with E-state index >= 15 is 0 Å². The van der Waals surface area contributed by atoms with Crippen LogP contribution in [-0.4, -0.2) is 30.1 Å². The first-order valence-corrected chi connectivity index (χ1v) is 12.8. The SMILES string of the molecule is CCO/N=C(/C)c1ccsc1/C=C1\Oc2ccc(O)c(OC)c2-c2ccc3c(c21)C(C)=CC(C)(C)N3. The van der Waals surface area contributed by atoms with Gasteiger partial charge in [0.05, 0.1) is 23.9 Å². The number of thiophene rings is 1. The molecule has 2 aliphatic rings. The van der Waals surface area contributed by atoms with Crippen LogP contribution in [0.4, 0.5) is 5.69 Å². The number of oxime groups is 1. The topological polar surface area (TPSA) is 72.3 Å². The summed E-state index contributed by atoms with van der Waals surface area (Å²) in [5.74, 6) is 1.83. The van der Waals surface area contributed by atoms with Gasteiger partial charge in [-0.25, -0.2) is 0 Å². The lowest BCUT2D eigenvalue weighted by Gasteiger charge is -2.35. The molecule has 0 bridgehead atoms. The molecule has 0 radical (unpaired) electrons. The molecule has 7 heteroatoms. The molecule has 36 heavy (non-hydrogen) atoms. The number of nitrogens with zero attached hydrogens (tertiary/aromatic N) is 1. The van der Waals surface area contributed by atoms with Crippen molar-refractivity contribution in [1.82, 2.24) is 0 Å². The van der Waals surface area contributed by atoms with Gasteiger partial charge < -0.3 is 24.7 Å². The summed E-state index contributed by atoms with van der Waals surface area (Å²) >= 11 is 1.62. The monoisotopic (exact) mass is 502 g/mol. The standard InChI is InChI=1S/C29H30N2O4S/c1-7-34-31-17(3)18-12-13-36-24(18)14-23-26-19(27-22(35-23)11-10-21(32)28(27)33-6)8-9-20-25(26)16(2)15-29(4,5)30-20/h8-15,30,32H,7H2,1-6H3/b23-14-,31-17-. The van der Waals surface area contributed by atoms with Crippen molar-refractivity contribution in [2.45, 2.75) is 40.2 Å². The summed E-state index contributed by atoms with van der Waals surface area (Å²) in [6.07, 6.45) is 4.30. The molecule has 2 N–H and O–H groups in total. The molecule has 2 aliphatic heterocycles. The molecule has 1 aromatic heterocycles. The molecule has 186 valence electrons. The number of anilines is 1. The Kier molecular flexibility index (Phi) is 6.04. The number of benzene rings is 2. The number of allylic oxidation sites excluding steroid dienone is 1. The third-order valence-corrected chi connectivity index (χ3v) is 7.21. The minimum absolute atomic E-state index is 0.0748. The van der Waals surface area contributed by atoms with E-state index in [4.69, 9.17) is 14.3 Å². The minimum atomic E-state index is -0.174. The fourth-order valence-electron chi connectivity index (χ4n) is 5.01. The second-order valence-electron chi connectivity index (χ2n) is 9.48. The van der Waals surface area contributed by atoms with Crippen molar-refractivity contribution in [3.8, 4) is 28.4 Å². The largest absolute Gasteiger partial charge is 0.504 e. The Morgan fingerprint density at radius 2 is 1.97 bits per heavy atom. The van der Waals surface area contributed by atoms with E-state index in [-0.39, 0.29) is 11.3 Å². The van der Waals surface area contributed by atoms with E-state index in [1.165, 1.54) is 0 Å². The van der Waals surface area contributed by atoms with Gasteiger partial charge in [-0.2, -0.15) is 0 Å². The van der Waals surface area contributed by atoms with Crippen molar-refractivity contribution >= 4 is 40.1 Å². The Hall–Kier alpha value is -3.71. The quantitative estimate of drug-likeness (QED) is 0.281. The fourth-order valence-corrected chi connectivity index (χ4v) is 5.88. The molecular weight excluding hydrogens is 472 g/mol. The Morgan fingerprint density at radius 1 is 1.17 bits per heavy atom. The third kappa shape index (κ3) is 4.03. The lowest BCUT2D eigenvalue weighted by atomic mass is 9.83. The molecule has 3 aromatic rings. The maximum Gasteiger partial charge on any atom is 0.172 e. The number of fused-ring (bicyclic) bond motifs is 5. The zero-order valence-electron chi connectivity index (χ0n) is 21.4. The molecule has 5 rings (SSSR count). The lowest BCUT2D eigenvalue weighted by Crippen LogP contribution is -2.32. The van der Waals surface area contributed by atoms with Crippen molar-refractivity contribution < 1.29 is 19.4 Å². The minimum Gasteiger partial charge on any atom is -0.504 e. The Balaban J connectivity index is 1.78. The van der Waals surface area contributed by atoms with Crippen molar-refractivity contribution in [3.05, 3.63) is 63.4 Å². The molecule has 0 fully saturated rings. The molecule has 0 atom stereocenters. The summed E-state index contributed by atoms with van der Waals surface area (Å²) in [5.41, 5.74) is 7.54. The van der Waals surface area contributed by atoms with Gasteiger partial charge in [-0.1, -0.05) is 17.3 Å². The van der Waals surface area contributed by atoms with Crippen molar-refractivity contribution in [3.63, 3.8) is 0 Å². The van der Waals surface area contributed by atoms with Crippen LogP contribution in [-0.2, 0) is 4.84 Å². The Morgan fingerprint density at radius 3 is 2.72 bits per heavy atom. The predicted octanol–water partition coefficient (Wildman–Crippen LogP) is 7.39. The van der Waals surface area contributed by atoms with Gasteiger partial charge in [-0.15, -0.1) is 11.3 Å². The first-order chi connectivity index (χ1) is 17.2. The highest BCUT2D eigenvalue weighted by Crippen LogP contribution is 2.54. The number of ether oxygens (including phenoxy) is 2. The van der Waals surface area contributed by atoms with Crippen molar-refractivity contribution in [2.24, 2.45) is 5.16 Å². The van der Waals surface area contributed by atoms with E-state index in [0.29, 0.717) is 18.1 Å². The van der Waals surface area contributed by atoms with E-state index in [2.05, 4.69) is 55.5 Å². The number of hydrogen-bond donors (Lipinski definition) is 2. The van der Waals surface area contributed by atoms with Crippen LogP contribution in [0.3, 0.4) is 0 Å². The zero-order chi connectivity index (χ0) is 25.6. The summed E-state index contributed by atoms with van der Waals surface area (Å²) in [6.45, 7) is 10.8. The number of aromatic hydroxyl groups is 1. The Labute approximate surface area is 215 Å². The predicted molar refractivity (Wildman–Crippen MR) is 148 cm³/mol. The fraction of sp³-hybridized carbons (Fsp3) is 0.276. The molecule has 0 saturated heterocycles. The first kappa shape index (κ1) is 24.0. The normalized spacial score (nSPS) is 16.8. The van der Waals surface area contributed by atoms with Crippen LogP contribution in [0.5, 0.6) is 17.2 Å². The highest BCUT2D eigenvalue weighted by atomic mass is 32.1. The second-order valence-corrected chi connectivity index (χ2v) is 10.4. The summed E-state index contributed by atoms with van der Waals surface area (Å²) < 4.78 is 12.2. The van der Waals surface area contributed by atoms with E-state index < -0.39 is 0 Å². The third-order valence-electron chi connectivity index (χ3n) is 6.35. The van der Waals surface area contributed by atoms with Crippen LogP contribution >= 0.6 is 11.3 Å². The van der Waals surface area contributed by atoms with Crippen molar-refractivity contribution in [1.29, 1.82) is 0 Å². The van der Waals surface area contributed by atoms with Gasteiger partial charge in [0.15, 0.2) is 11.5 Å². The number of phenols is 1. The average molecular weight is 503 g/mol. The van der Waals surface area contributed by atoms with Crippen LogP contribution < -0.4 is 14.8 Å². The molecule has 0 unspecified atom stereocenters. The highest BCUT2D eigenvalue weighted by molar-refractivity contribution is 7.11. The van der Waals surface area contributed by atoms with Gasteiger partial charge in [-0.05, 0) is 75.9 Å². The van der Waals surface area contributed by atoms with E-state index in [9.17, 15) is 5.11 Å². The first-order valence-electron chi connectivity index (χ1n) is 11.9. The summed E-state index contributed by atoms with van der Waals surface area (Å²) in [4.78, 5) is 6.32. The van der Waals surface area contributed by atoms with Crippen LogP contribution in [0.1, 0.15) is 56.2 Å². The Bertz CT molecular complexity index is 1450. The summed E-state index contributed by atoms with van der Waals surface area (Å²) in [7, 11) is 1.56. The van der Waals surface area contributed by atoms with Crippen LogP contribution in [0.25, 0.3) is 28.5 Å². The maximum absolute atomic E-state index is 10.6. The van der Waals surface area contributed by atoms with Crippen LogP contribution in [0.15, 0.2) is 46.9 Å². The molecule has 3 heterocycles. The van der Waals surface area contributed by atoms with Gasteiger partial charge in [-0.3, -0.25) is 0 Å². The summed E-state index contributed by atoms with van der Waals surface area (Å²) in [6, 6.07) is 9.60. The van der Waals surface area contributed by atoms with Crippen molar-refractivity contribution in [2.75, 3.05) is 19.0 Å². The molecule has 0 spiro atoms. The van der Waals surface area contributed by atoms with Gasteiger partial charge >= 0.3 is 0 Å². The van der Waals surface area contributed by atoms with E-state index in [1.807, 2.05) is 25.3 Å². The molecule has 6 nitrogen and oxygen atoms in total. The molecular formula is C29H30N2O4S. The van der Waals surface area contributed by atoms with Crippen LogP contribution in [0.2, 0.25) is 0 Å². The number of hydrogen-bond acceptors (Lipinski definition) is 7. The lowest BCUT2D eigenvalue weighted by molar-refractivity contribution is 0.159. The maximum atomic E-state index is 10.6. The van der Waals surface area contributed by atoms with E-state index in [1.54, 1.807) is 30.6 Å². The van der Waals surface area contributed by atoms with Gasteiger partial charge in [0.2, 0.25) is 0 Å². The molecule has 0 saturated carbocycles. The number of nitrogens with one attached hydrogen (secondary N) is 1. The number of methoxy groups -OCH3 is 1. The molecule has 0 aliphatic carbocycles. The number of rotatable bonds is 5. The zero-order valence-corrected chi connectivity index (χ0v) is 22.2. The van der Waals surface area contributed by atoms with Gasteiger partial charge in [0.1, 0.15) is 18.1 Å². The molecule has 2 aromatic carbocycles. The van der Waals surface area contributed by atoms with Gasteiger partial charge in [0, 0.05) is 32.8 Å². The number of phenolic OH excluding ortho intramolecular Hbond substituents is 1. The van der Waals surface area contributed by atoms with Gasteiger partial charge in [0.25, 0.3) is 0 Å². The van der Waals surface area contributed by atoms with Crippen LogP contribution in [0, 0.1) is 0 Å². The smallest absolute Gasteiger partial charge is 0.172 e. The second kappa shape index (κ2) is 9.06. The average Bonchev–Trinajstić information content (AvgIpc) is 3.29. The summed E-state index contributed by atoms with van der Waals surface area (Å²) in [5, 5.41) is 20.5. The highest BCUT2D eigenvalue weighted by Gasteiger charge is 2.33.